The normalized spacial score (nSPS) is 16.9. The summed E-state index contributed by atoms with van der Waals surface area (Å²) < 4.78 is 11.1. The smallest absolute Gasteiger partial charge is 0.409 e. The number of pyridine rings is 1. The Morgan fingerprint density at radius 3 is 2.29 bits per heavy atom. The third kappa shape index (κ3) is 6.14. The highest BCUT2D eigenvalue weighted by Crippen LogP contribution is 2.43. The fourth-order valence-electron chi connectivity index (χ4n) is 5.06. The van der Waals surface area contributed by atoms with Crippen molar-refractivity contribution in [1.82, 2.24) is 14.8 Å². The van der Waals surface area contributed by atoms with E-state index in [2.05, 4.69) is 4.98 Å². The van der Waals surface area contributed by atoms with Gasteiger partial charge in [0, 0.05) is 43.0 Å². The third-order valence-electron chi connectivity index (χ3n) is 7.41. The SMILES string of the molecule is CCOC(=O)N1CCN(C(=O)C(CCC(=O)O)c2nc3ccc(Cl)cc3c(OC3(C(=O)O)CCC3)c2C(N)=O)CC1. The molecule has 1 aliphatic carbocycles. The van der Waals surface area contributed by atoms with Crippen LogP contribution in [0.5, 0.6) is 5.75 Å². The summed E-state index contributed by atoms with van der Waals surface area (Å²) in [6.45, 7) is 2.56. The second-order valence-corrected chi connectivity index (χ2v) is 10.4. The number of nitrogens with two attached hydrogens (primary N) is 1. The summed E-state index contributed by atoms with van der Waals surface area (Å²) in [5.41, 5.74) is 4.04. The summed E-state index contributed by atoms with van der Waals surface area (Å²) in [5.74, 6) is -5.32. The molecule has 41 heavy (non-hydrogen) atoms. The molecule has 0 bridgehead atoms. The van der Waals surface area contributed by atoms with Crippen molar-refractivity contribution >= 4 is 52.4 Å². The topological polar surface area (TPSA) is 190 Å². The maximum absolute atomic E-state index is 13.9. The minimum Gasteiger partial charge on any atom is -0.481 e. The number of carbonyl (C=O) groups is 5. The van der Waals surface area contributed by atoms with Crippen molar-refractivity contribution in [2.45, 2.75) is 50.5 Å². The van der Waals surface area contributed by atoms with Crippen LogP contribution in [-0.2, 0) is 19.1 Å². The molecule has 1 aromatic carbocycles. The van der Waals surface area contributed by atoms with Gasteiger partial charge in [0.15, 0.2) is 0 Å². The molecule has 1 atom stereocenters. The van der Waals surface area contributed by atoms with Gasteiger partial charge in [-0.25, -0.2) is 9.59 Å². The van der Waals surface area contributed by atoms with Crippen LogP contribution in [0.25, 0.3) is 10.9 Å². The largest absolute Gasteiger partial charge is 0.481 e. The van der Waals surface area contributed by atoms with Gasteiger partial charge in [-0.3, -0.25) is 19.4 Å². The van der Waals surface area contributed by atoms with E-state index >= 15 is 0 Å². The van der Waals surface area contributed by atoms with Crippen LogP contribution in [0.3, 0.4) is 0 Å². The van der Waals surface area contributed by atoms with Gasteiger partial charge in [0.25, 0.3) is 5.91 Å². The van der Waals surface area contributed by atoms with Crippen LogP contribution in [0.2, 0.25) is 5.02 Å². The molecule has 2 heterocycles. The van der Waals surface area contributed by atoms with Crippen molar-refractivity contribution in [3.05, 3.63) is 34.5 Å². The summed E-state index contributed by atoms with van der Waals surface area (Å²) in [4.78, 5) is 70.2. The molecule has 4 rings (SSSR count). The molecule has 220 valence electrons. The predicted molar refractivity (Wildman–Crippen MR) is 145 cm³/mol. The van der Waals surface area contributed by atoms with Crippen LogP contribution in [0.15, 0.2) is 18.2 Å². The van der Waals surface area contributed by atoms with Gasteiger partial charge in [-0.2, -0.15) is 0 Å². The molecule has 4 N–H and O–H groups in total. The number of benzene rings is 1. The third-order valence-corrected chi connectivity index (χ3v) is 7.65. The molecule has 3 amide bonds. The molecule has 1 saturated heterocycles. The van der Waals surface area contributed by atoms with Crippen LogP contribution >= 0.6 is 11.6 Å². The van der Waals surface area contributed by atoms with E-state index in [-0.39, 0.29) is 85.0 Å². The zero-order chi connectivity index (χ0) is 29.9. The molecule has 1 saturated carbocycles. The van der Waals surface area contributed by atoms with Crippen molar-refractivity contribution < 1.29 is 43.7 Å². The van der Waals surface area contributed by atoms with E-state index in [1.54, 1.807) is 6.92 Å². The standard InChI is InChI=1S/C27H31ClN4O9/c1-2-40-26(39)32-12-10-31(11-13-32)24(36)16(5-7-19(33)34)21-20(23(29)35)22(41-27(25(37)38)8-3-9-27)17-14-15(28)4-6-18(17)30-21/h4,6,14,16H,2-3,5,7-13H2,1H3,(H2,29,35)(H,33,34)(H,37,38). The molecule has 2 aliphatic rings. The van der Waals surface area contributed by atoms with Gasteiger partial charge in [0.1, 0.15) is 11.3 Å². The first-order chi connectivity index (χ1) is 19.5. The van der Waals surface area contributed by atoms with Gasteiger partial charge in [-0.15, -0.1) is 0 Å². The van der Waals surface area contributed by atoms with Crippen LogP contribution in [0, 0.1) is 0 Å². The van der Waals surface area contributed by atoms with E-state index in [4.69, 9.17) is 26.8 Å². The summed E-state index contributed by atoms with van der Waals surface area (Å²) in [6, 6.07) is 4.53. The van der Waals surface area contributed by atoms with Crippen LogP contribution in [-0.4, -0.2) is 93.2 Å². The maximum Gasteiger partial charge on any atom is 0.409 e. The number of carboxylic acids is 2. The molecule has 1 aromatic heterocycles. The number of rotatable bonds is 10. The van der Waals surface area contributed by atoms with Gasteiger partial charge in [-0.05, 0) is 50.8 Å². The van der Waals surface area contributed by atoms with Crippen LogP contribution in [0.1, 0.15) is 61.0 Å². The number of halogens is 1. The molecule has 2 fully saturated rings. The summed E-state index contributed by atoms with van der Waals surface area (Å²) in [7, 11) is 0. The first kappa shape index (κ1) is 29.8. The van der Waals surface area contributed by atoms with Gasteiger partial charge in [0.05, 0.1) is 23.7 Å². The van der Waals surface area contributed by atoms with Crippen LogP contribution in [0.4, 0.5) is 4.79 Å². The number of amides is 3. The Labute approximate surface area is 240 Å². The van der Waals surface area contributed by atoms with E-state index in [1.807, 2.05) is 0 Å². The minimum atomic E-state index is -1.61. The molecule has 1 aliphatic heterocycles. The van der Waals surface area contributed by atoms with Crippen molar-refractivity contribution in [2.75, 3.05) is 32.8 Å². The Balaban J connectivity index is 1.81. The Hall–Kier alpha value is -4.13. The summed E-state index contributed by atoms with van der Waals surface area (Å²) >= 11 is 6.22. The first-order valence-corrected chi connectivity index (χ1v) is 13.6. The first-order valence-electron chi connectivity index (χ1n) is 13.2. The lowest BCUT2D eigenvalue weighted by molar-refractivity contribution is -0.163. The molecular weight excluding hydrogens is 560 g/mol. The fraction of sp³-hybridized carbons (Fsp3) is 0.481. The van der Waals surface area contributed by atoms with E-state index in [1.165, 1.54) is 28.0 Å². The fourth-order valence-corrected chi connectivity index (χ4v) is 5.24. The molecule has 1 unspecified atom stereocenters. The lowest BCUT2D eigenvalue weighted by Crippen LogP contribution is -2.52. The molecular formula is C27H31ClN4O9. The van der Waals surface area contributed by atoms with Crippen molar-refractivity contribution in [3.63, 3.8) is 0 Å². The number of ether oxygens (including phenoxy) is 2. The number of carbonyl (C=O) groups excluding carboxylic acids is 3. The summed E-state index contributed by atoms with van der Waals surface area (Å²) in [6.07, 6.45) is -0.182. The molecule has 13 nitrogen and oxygen atoms in total. The number of carboxylic acid groups (broad SMARTS) is 2. The Morgan fingerprint density at radius 2 is 1.76 bits per heavy atom. The van der Waals surface area contributed by atoms with Crippen LogP contribution < -0.4 is 10.5 Å². The minimum absolute atomic E-state index is 0.110. The lowest BCUT2D eigenvalue weighted by Gasteiger charge is -2.39. The van der Waals surface area contributed by atoms with E-state index in [0.29, 0.717) is 6.42 Å². The average molecular weight is 591 g/mol. The van der Waals surface area contributed by atoms with E-state index < -0.39 is 47.8 Å². The number of fused-ring (bicyclic) bond motifs is 1. The van der Waals surface area contributed by atoms with E-state index in [0.717, 1.165) is 0 Å². The van der Waals surface area contributed by atoms with Gasteiger partial charge < -0.3 is 35.2 Å². The number of hydrogen-bond acceptors (Lipinski definition) is 8. The lowest BCUT2D eigenvalue weighted by atomic mass is 9.80. The molecule has 0 spiro atoms. The highest BCUT2D eigenvalue weighted by molar-refractivity contribution is 6.31. The highest BCUT2D eigenvalue weighted by atomic mass is 35.5. The number of aliphatic carboxylic acids is 2. The van der Waals surface area contributed by atoms with E-state index in [9.17, 15) is 34.2 Å². The van der Waals surface area contributed by atoms with Crippen molar-refractivity contribution in [1.29, 1.82) is 0 Å². The van der Waals surface area contributed by atoms with Crippen molar-refractivity contribution in [3.8, 4) is 5.75 Å². The quantitative estimate of drug-likeness (QED) is 0.371. The Bertz CT molecular complexity index is 1390. The molecule has 0 radical (unpaired) electrons. The number of piperazine rings is 1. The summed E-state index contributed by atoms with van der Waals surface area (Å²) in [5, 5.41) is 19.9. The number of primary amides is 1. The monoisotopic (exact) mass is 590 g/mol. The van der Waals surface area contributed by atoms with Crippen molar-refractivity contribution in [2.24, 2.45) is 5.73 Å². The molecule has 14 heteroatoms. The Morgan fingerprint density at radius 1 is 1.10 bits per heavy atom. The number of hydrogen-bond donors (Lipinski definition) is 3. The highest BCUT2D eigenvalue weighted by Gasteiger charge is 2.48. The zero-order valence-electron chi connectivity index (χ0n) is 22.4. The second kappa shape index (κ2) is 12.2. The maximum atomic E-state index is 13.9. The van der Waals surface area contributed by atoms with Gasteiger partial charge >= 0.3 is 18.0 Å². The predicted octanol–water partition coefficient (Wildman–Crippen LogP) is 2.62. The van der Waals surface area contributed by atoms with Gasteiger partial charge in [0.2, 0.25) is 11.5 Å². The zero-order valence-corrected chi connectivity index (χ0v) is 23.2. The number of aromatic nitrogens is 1. The average Bonchev–Trinajstić information content (AvgIpc) is 2.90. The second-order valence-electron chi connectivity index (χ2n) is 9.98. The molecule has 2 aromatic rings. The van der Waals surface area contributed by atoms with Gasteiger partial charge in [-0.1, -0.05) is 11.6 Å². The number of nitrogens with zero attached hydrogens (tertiary/aromatic N) is 3. The Kier molecular flexibility index (Phi) is 8.86.